The number of oxazole rings is 1. The normalized spacial score (nSPS) is 16.9. The first-order valence-electron chi connectivity index (χ1n) is 18.0. The van der Waals surface area contributed by atoms with Crippen LogP contribution in [0.4, 0.5) is 17.6 Å². The summed E-state index contributed by atoms with van der Waals surface area (Å²) < 4.78 is 71.4. The minimum absolute atomic E-state index is 0.0384. The molecule has 2 aliphatic carbocycles. The van der Waals surface area contributed by atoms with Crippen molar-refractivity contribution in [3.63, 3.8) is 0 Å². The fourth-order valence-electron chi connectivity index (χ4n) is 6.09. The molecule has 0 spiro atoms. The second kappa shape index (κ2) is 16.9. The molecule has 2 saturated carbocycles. The Morgan fingerprint density at radius 3 is 2.33 bits per heavy atom. The van der Waals surface area contributed by atoms with Gasteiger partial charge in [0.2, 0.25) is 23.6 Å². The van der Waals surface area contributed by atoms with E-state index in [0.717, 1.165) is 37.8 Å². The zero-order chi connectivity index (χ0) is 38.5. The fraction of sp³-hybridized carbons (Fsp3) is 0.486. The topological polar surface area (TPSA) is 169 Å². The Balaban J connectivity index is 1.11. The predicted octanol–water partition coefficient (Wildman–Crippen LogP) is 4.62. The number of alkyl halides is 2. The number of carbonyl (C=O) groups excluding carboxylic acids is 4. The summed E-state index contributed by atoms with van der Waals surface area (Å²) in [6.07, 6.45) is 4.42. The number of ether oxygens (including phenoxy) is 2. The maximum absolute atomic E-state index is 14.8. The third-order valence-corrected chi connectivity index (χ3v) is 9.34. The van der Waals surface area contributed by atoms with E-state index in [4.69, 9.17) is 14.9 Å². The number of benzene rings is 2. The van der Waals surface area contributed by atoms with Crippen LogP contribution in [0.5, 0.6) is 11.5 Å². The predicted molar refractivity (Wildman–Crippen MR) is 184 cm³/mol. The number of unbranched alkanes of at least 4 members (excludes halogenated alkanes) is 1. The van der Waals surface area contributed by atoms with Crippen molar-refractivity contribution in [3.8, 4) is 23.0 Å². The molecule has 1 saturated heterocycles. The van der Waals surface area contributed by atoms with Crippen molar-refractivity contribution in [2.75, 3.05) is 32.8 Å². The van der Waals surface area contributed by atoms with Crippen LogP contribution in [0.1, 0.15) is 85.8 Å². The molecule has 1 aromatic heterocycles. The van der Waals surface area contributed by atoms with Crippen LogP contribution in [0.25, 0.3) is 11.5 Å². The lowest BCUT2D eigenvalue weighted by molar-refractivity contribution is -0.140. The lowest BCUT2D eigenvalue weighted by atomic mass is 10.0. The van der Waals surface area contributed by atoms with Crippen LogP contribution in [0.3, 0.4) is 0 Å². The summed E-state index contributed by atoms with van der Waals surface area (Å²) in [6.45, 7) is 0.406. The molecule has 6 rings (SSSR count). The van der Waals surface area contributed by atoms with Crippen molar-refractivity contribution < 1.29 is 50.6 Å². The van der Waals surface area contributed by atoms with Gasteiger partial charge in [-0.25, -0.2) is 13.8 Å². The lowest BCUT2D eigenvalue weighted by Crippen LogP contribution is -2.51. The van der Waals surface area contributed by atoms with Crippen molar-refractivity contribution in [2.24, 2.45) is 11.7 Å². The van der Waals surface area contributed by atoms with E-state index in [-0.39, 0.29) is 76.8 Å². The summed E-state index contributed by atoms with van der Waals surface area (Å²) in [6, 6.07) is 3.98. The third-order valence-electron chi connectivity index (χ3n) is 9.34. The standard InChI is InChI=1S/C37H42F4N6O7/c1-20(42)32-31(34(50)44-30(33(49)43-24-9-10-24)25-11-8-23(38)19-26(25)39)45-35(54-32)22-7-12-27(53-37(40)41)28(18-22)52-17-3-2-4-29(48)46-13-15-47(16-14-46)36(51)21-5-6-21/h7-8,11-12,18-21,24,30,37H,2-6,9-10,13-17,42H2,1H3,(H,43,49)(H,44,50)/t20-,30?/m0/s1. The van der Waals surface area contributed by atoms with E-state index in [1.807, 2.05) is 4.90 Å². The van der Waals surface area contributed by atoms with Gasteiger partial charge in [-0.3, -0.25) is 19.2 Å². The van der Waals surface area contributed by atoms with E-state index in [2.05, 4.69) is 20.4 Å². The van der Waals surface area contributed by atoms with Gasteiger partial charge in [0.25, 0.3) is 5.91 Å². The summed E-state index contributed by atoms with van der Waals surface area (Å²) in [5, 5.41) is 5.17. The van der Waals surface area contributed by atoms with Crippen molar-refractivity contribution in [1.29, 1.82) is 0 Å². The quantitative estimate of drug-likeness (QED) is 0.139. The Morgan fingerprint density at radius 2 is 1.69 bits per heavy atom. The molecule has 1 aliphatic heterocycles. The zero-order valence-electron chi connectivity index (χ0n) is 29.6. The Labute approximate surface area is 308 Å². The number of hydrogen-bond donors (Lipinski definition) is 3. The number of rotatable bonds is 16. The number of amides is 4. The average molecular weight is 759 g/mol. The SMILES string of the molecule is C[C@H](N)c1oc(-c2ccc(OC(F)F)c(OCCCCC(=O)N3CCN(C(=O)C4CC4)CC3)c2)nc1C(=O)NC(C(=O)NC1CC1)c1ccc(F)cc1F. The van der Waals surface area contributed by atoms with Crippen LogP contribution in [0, 0.1) is 17.6 Å². The number of nitrogens with zero attached hydrogens (tertiary/aromatic N) is 3. The van der Waals surface area contributed by atoms with E-state index < -0.39 is 42.1 Å². The van der Waals surface area contributed by atoms with Gasteiger partial charge in [-0.15, -0.1) is 0 Å². The van der Waals surface area contributed by atoms with Crippen LogP contribution >= 0.6 is 0 Å². The summed E-state index contributed by atoms with van der Waals surface area (Å²) in [7, 11) is 0. The van der Waals surface area contributed by atoms with Gasteiger partial charge in [0, 0.05) is 61.8 Å². The molecule has 13 nitrogen and oxygen atoms in total. The Kier molecular flexibility index (Phi) is 12.0. The molecule has 17 heteroatoms. The molecular weight excluding hydrogens is 716 g/mol. The average Bonchev–Trinajstić information content (AvgIpc) is 4.09. The van der Waals surface area contributed by atoms with Crippen LogP contribution in [0.2, 0.25) is 0 Å². The molecule has 54 heavy (non-hydrogen) atoms. The molecule has 4 amide bonds. The van der Waals surface area contributed by atoms with Gasteiger partial charge in [-0.05, 0) is 69.7 Å². The first-order chi connectivity index (χ1) is 25.9. The monoisotopic (exact) mass is 758 g/mol. The molecule has 4 N–H and O–H groups in total. The van der Waals surface area contributed by atoms with Gasteiger partial charge in [-0.2, -0.15) is 8.78 Å². The first kappa shape index (κ1) is 38.5. The zero-order valence-corrected chi connectivity index (χ0v) is 29.6. The number of halogens is 4. The Morgan fingerprint density at radius 1 is 0.963 bits per heavy atom. The molecule has 0 bridgehead atoms. The molecule has 2 aromatic carbocycles. The highest BCUT2D eigenvalue weighted by Crippen LogP contribution is 2.36. The van der Waals surface area contributed by atoms with Crippen LogP contribution in [-0.2, 0) is 14.4 Å². The second-order valence-corrected chi connectivity index (χ2v) is 13.7. The Hall–Kier alpha value is -5.19. The highest BCUT2D eigenvalue weighted by Gasteiger charge is 2.36. The molecule has 3 aliphatic rings. The van der Waals surface area contributed by atoms with Crippen LogP contribution in [-0.4, -0.2) is 83.9 Å². The summed E-state index contributed by atoms with van der Waals surface area (Å²) in [5.74, 6) is -3.85. The molecule has 3 fully saturated rings. The molecule has 0 radical (unpaired) electrons. The van der Waals surface area contributed by atoms with Gasteiger partial charge in [-0.1, -0.05) is 6.07 Å². The van der Waals surface area contributed by atoms with Crippen LogP contribution < -0.4 is 25.8 Å². The van der Waals surface area contributed by atoms with E-state index in [9.17, 15) is 36.7 Å². The maximum atomic E-state index is 14.8. The number of nitrogens with two attached hydrogens (primary N) is 1. The number of aromatic nitrogens is 1. The largest absolute Gasteiger partial charge is 0.490 e. The molecule has 3 aromatic rings. The third kappa shape index (κ3) is 9.67. The van der Waals surface area contributed by atoms with E-state index in [0.29, 0.717) is 45.1 Å². The highest BCUT2D eigenvalue weighted by atomic mass is 19.3. The fourth-order valence-corrected chi connectivity index (χ4v) is 6.09. The number of hydrogen-bond acceptors (Lipinski definition) is 9. The molecule has 290 valence electrons. The second-order valence-electron chi connectivity index (χ2n) is 13.7. The molecule has 1 unspecified atom stereocenters. The van der Waals surface area contributed by atoms with Crippen molar-refractivity contribution in [1.82, 2.24) is 25.4 Å². The van der Waals surface area contributed by atoms with E-state index >= 15 is 0 Å². The summed E-state index contributed by atoms with van der Waals surface area (Å²) in [4.78, 5) is 59.6. The van der Waals surface area contributed by atoms with Crippen LogP contribution in [0.15, 0.2) is 40.8 Å². The first-order valence-corrected chi connectivity index (χ1v) is 18.0. The lowest BCUT2D eigenvalue weighted by Gasteiger charge is -2.35. The van der Waals surface area contributed by atoms with E-state index in [1.54, 1.807) is 4.90 Å². The van der Waals surface area contributed by atoms with Gasteiger partial charge in [0.15, 0.2) is 23.0 Å². The van der Waals surface area contributed by atoms with E-state index in [1.165, 1.54) is 25.1 Å². The number of nitrogens with one attached hydrogen (secondary N) is 2. The summed E-state index contributed by atoms with van der Waals surface area (Å²) in [5.41, 5.74) is 5.72. The van der Waals surface area contributed by atoms with Gasteiger partial charge < -0.3 is 40.1 Å². The van der Waals surface area contributed by atoms with Crippen molar-refractivity contribution >= 4 is 23.6 Å². The van der Waals surface area contributed by atoms with Gasteiger partial charge >= 0.3 is 6.61 Å². The molecular formula is C37H42F4N6O7. The number of carbonyl (C=O) groups is 4. The highest BCUT2D eigenvalue weighted by molar-refractivity contribution is 5.98. The van der Waals surface area contributed by atoms with Gasteiger partial charge in [0.05, 0.1) is 12.6 Å². The van der Waals surface area contributed by atoms with Crippen molar-refractivity contribution in [3.05, 3.63) is 65.1 Å². The minimum atomic E-state index is -3.16. The Bertz CT molecular complexity index is 1860. The molecule has 2 heterocycles. The summed E-state index contributed by atoms with van der Waals surface area (Å²) >= 11 is 0. The van der Waals surface area contributed by atoms with Gasteiger partial charge in [0.1, 0.15) is 17.7 Å². The smallest absolute Gasteiger partial charge is 0.387 e. The van der Waals surface area contributed by atoms with Crippen molar-refractivity contribution in [2.45, 2.75) is 76.6 Å². The maximum Gasteiger partial charge on any atom is 0.387 e. The minimum Gasteiger partial charge on any atom is -0.490 e. The number of piperazine rings is 1. The molecule has 2 atom stereocenters.